The first-order chi connectivity index (χ1) is 9.06. The van der Waals surface area contributed by atoms with E-state index in [0.717, 1.165) is 32.4 Å². The van der Waals surface area contributed by atoms with Gasteiger partial charge in [-0.05, 0) is 32.1 Å². The van der Waals surface area contributed by atoms with Crippen LogP contribution in [-0.4, -0.2) is 53.1 Å². The van der Waals surface area contributed by atoms with E-state index in [9.17, 15) is 9.59 Å². The lowest BCUT2D eigenvalue weighted by molar-refractivity contribution is -0.138. The maximum atomic E-state index is 12.3. The zero-order valence-corrected chi connectivity index (χ0v) is 11.5. The molecule has 0 aromatic carbocycles. The van der Waals surface area contributed by atoms with E-state index < -0.39 is 5.97 Å². The van der Waals surface area contributed by atoms with Gasteiger partial charge < -0.3 is 14.9 Å². The molecule has 0 bridgehead atoms. The lowest BCUT2D eigenvalue weighted by Gasteiger charge is -2.36. The fourth-order valence-corrected chi connectivity index (χ4v) is 2.85. The van der Waals surface area contributed by atoms with Crippen LogP contribution < -0.4 is 0 Å². The van der Waals surface area contributed by atoms with Gasteiger partial charge in [0.05, 0.1) is 0 Å². The predicted octanol–water partition coefficient (Wildman–Crippen LogP) is 1.95. The molecule has 5 heteroatoms. The first-order valence-electron chi connectivity index (χ1n) is 6.97. The molecule has 2 heterocycles. The Morgan fingerprint density at radius 1 is 1.26 bits per heavy atom. The molecule has 0 atom stereocenters. The number of aliphatic carboxylic acids is 1. The number of amides is 2. The van der Waals surface area contributed by atoms with E-state index >= 15 is 0 Å². The average Bonchev–Trinajstić information content (AvgIpc) is 2.38. The van der Waals surface area contributed by atoms with Crippen molar-refractivity contribution in [3.63, 3.8) is 0 Å². The topological polar surface area (TPSA) is 60.9 Å². The fourth-order valence-electron chi connectivity index (χ4n) is 2.85. The molecule has 19 heavy (non-hydrogen) atoms. The maximum Gasteiger partial charge on any atom is 0.320 e. The molecule has 2 rings (SSSR count). The molecule has 2 aliphatic rings. The standard InChI is InChI=1S/C14H22N2O3/c1-11-3-2-6-16(10-11)14(19)15-7-4-12(5-8-15)9-13(17)18/h3,12H,2,4-10H2,1H3,(H,17,18). The molecule has 1 N–H and O–H groups in total. The summed E-state index contributed by atoms with van der Waals surface area (Å²) in [4.78, 5) is 26.8. The smallest absolute Gasteiger partial charge is 0.320 e. The van der Waals surface area contributed by atoms with Crippen molar-refractivity contribution in [1.82, 2.24) is 9.80 Å². The number of rotatable bonds is 2. The average molecular weight is 266 g/mol. The summed E-state index contributed by atoms with van der Waals surface area (Å²) in [6.45, 7) is 4.96. The second-order valence-corrected chi connectivity index (χ2v) is 5.57. The van der Waals surface area contributed by atoms with Gasteiger partial charge in [0.1, 0.15) is 0 Å². The van der Waals surface area contributed by atoms with Crippen molar-refractivity contribution in [2.45, 2.75) is 32.6 Å². The molecule has 0 saturated carbocycles. The van der Waals surface area contributed by atoms with Crippen molar-refractivity contribution in [2.75, 3.05) is 26.2 Å². The second-order valence-electron chi connectivity index (χ2n) is 5.57. The van der Waals surface area contributed by atoms with Crippen LogP contribution in [0.15, 0.2) is 11.6 Å². The Labute approximate surface area is 113 Å². The van der Waals surface area contributed by atoms with Gasteiger partial charge in [0.15, 0.2) is 0 Å². The molecule has 1 fully saturated rings. The van der Waals surface area contributed by atoms with E-state index in [-0.39, 0.29) is 18.4 Å². The third kappa shape index (κ3) is 3.72. The van der Waals surface area contributed by atoms with Gasteiger partial charge in [-0.3, -0.25) is 4.79 Å². The Morgan fingerprint density at radius 2 is 1.95 bits per heavy atom. The van der Waals surface area contributed by atoms with Crippen LogP contribution in [0.2, 0.25) is 0 Å². The number of carboxylic acid groups (broad SMARTS) is 1. The SMILES string of the molecule is CC1=CCCN(C(=O)N2CCC(CC(=O)O)CC2)C1. The minimum atomic E-state index is -0.735. The largest absolute Gasteiger partial charge is 0.481 e. The van der Waals surface area contributed by atoms with Gasteiger partial charge >= 0.3 is 12.0 Å². The van der Waals surface area contributed by atoms with E-state index in [1.807, 2.05) is 9.80 Å². The van der Waals surface area contributed by atoms with E-state index in [0.29, 0.717) is 13.1 Å². The molecule has 0 aromatic heterocycles. The highest BCUT2D eigenvalue weighted by atomic mass is 16.4. The van der Waals surface area contributed by atoms with E-state index in [1.165, 1.54) is 5.57 Å². The van der Waals surface area contributed by atoms with Crippen molar-refractivity contribution in [1.29, 1.82) is 0 Å². The summed E-state index contributed by atoms with van der Waals surface area (Å²) in [6, 6.07) is 0.112. The van der Waals surface area contributed by atoms with Crippen LogP contribution in [0.1, 0.15) is 32.6 Å². The summed E-state index contributed by atoms with van der Waals surface area (Å²) < 4.78 is 0. The zero-order chi connectivity index (χ0) is 13.8. The lowest BCUT2D eigenvalue weighted by atomic mass is 9.94. The molecule has 5 nitrogen and oxygen atoms in total. The molecule has 1 saturated heterocycles. The number of carboxylic acids is 1. The Hall–Kier alpha value is -1.52. The van der Waals surface area contributed by atoms with E-state index in [2.05, 4.69) is 13.0 Å². The number of hydrogen-bond donors (Lipinski definition) is 1. The van der Waals surface area contributed by atoms with Crippen molar-refractivity contribution in [3.05, 3.63) is 11.6 Å². The first kappa shape index (κ1) is 13.9. The third-order valence-electron chi connectivity index (χ3n) is 3.95. The minimum Gasteiger partial charge on any atom is -0.481 e. The Balaban J connectivity index is 1.82. The van der Waals surface area contributed by atoms with Crippen LogP contribution in [0, 0.1) is 5.92 Å². The molecule has 106 valence electrons. The molecular formula is C14H22N2O3. The van der Waals surface area contributed by atoms with Gasteiger partial charge in [-0.2, -0.15) is 0 Å². The Morgan fingerprint density at radius 3 is 2.53 bits per heavy atom. The number of likely N-dealkylation sites (tertiary alicyclic amines) is 1. The molecule has 2 aliphatic heterocycles. The van der Waals surface area contributed by atoms with Crippen LogP contribution >= 0.6 is 0 Å². The monoisotopic (exact) mass is 266 g/mol. The second kappa shape index (κ2) is 6.08. The van der Waals surface area contributed by atoms with E-state index in [1.54, 1.807) is 0 Å². The number of carbonyl (C=O) groups excluding carboxylic acids is 1. The number of hydrogen-bond acceptors (Lipinski definition) is 2. The molecule has 0 unspecified atom stereocenters. The maximum absolute atomic E-state index is 12.3. The van der Waals surface area contributed by atoms with Gasteiger partial charge in [-0.25, -0.2) is 4.79 Å². The number of urea groups is 1. The summed E-state index contributed by atoms with van der Waals surface area (Å²) in [6.07, 6.45) is 4.96. The number of carbonyl (C=O) groups is 2. The molecule has 0 radical (unpaired) electrons. The van der Waals surface area contributed by atoms with Gasteiger partial charge in [-0.15, -0.1) is 0 Å². The molecule has 2 amide bonds. The highest BCUT2D eigenvalue weighted by Crippen LogP contribution is 2.22. The quantitative estimate of drug-likeness (QED) is 0.777. The van der Waals surface area contributed by atoms with Crippen molar-refractivity contribution in [3.8, 4) is 0 Å². The Bertz CT molecular complexity index is 384. The number of piperidine rings is 1. The number of nitrogens with zero attached hydrogens (tertiary/aromatic N) is 2. The molecular weight excluding hydrogens is 244 g/mol. The van der Waals surface area contributed by atoms with Gasteiger partial charge in [0.2, 0.25) is 0 Å². The highest BCUT2D eigenvalue weighted by molar-refractivity contribution is 5.75. The van der Waals surface area contributed by atoms with Crippen LogP contribution in [0.5, 0.6) is 0 Å². The molecule has 0 aliphatic carbocycles. The normalized spacial score (nSPS) is 21.2. The van der Waals surface area contributed by atoms with Gasteiger partial charge in [0.25, 0.3) is 0 Å². The van der Waals surface area contributed by atoms with Gasteiger partial charge in [-0.1, -0.05) is 11.6 Å². The summed E-state index contributed by atoms with van der Waals surface area (Å²) in [5.74, 6) is -0.508. The summed E-state index contributed by atoms with van der Waals surface area (Å²) in [5, 5.41) is 8.78. The predicted molar refractivity (Wildman–Crippen MR) is 71.9 cm³/mol. The lowest BCUT2D eigenvalue weighted by Crippen LogP contribution is -2.48. The Kier molecular flexibility index (Phi) is 4.45. The van der Waals surface area contributed by atoms with Crippen molar-refractivity contribution < 1.29 is 14.7 Å². The molecule has 0 aromatic rings. The van der Waals surface area contributed by atoms with Crippen molar-refractivity contribution >= 4 is 12.0 Å². The van der Waals surface area contributed by atoms with Crippen LogP contribution in [0.3, 0.4) is 0 Å². The van der Waals surface area contributed by atoms with Crippen molar-refractivity contribution in [2.24, 2.45) is 5.92 Å². The zero-order valence-electron chi connectivity index (χ0n) is 11.5. The van der Waals surface area contributed by atoms with Gasteiger partial charge in [0, 0.05) is 32.6 Å². The molecule has 0 spiro atoms. The third-order valence-corrected chi connectivity index (χ3v) is 3.95. The first-order valence-corrected chi connectivity index (χ1v) is 6.97. The summed E-state index contributed by atoms with van der Waals surface area (Å²) in [5.41, 5.74) is 1.25. The fraction of sp³-hybridized carbons (Fsp3) is 0.714. The summed E-state index contributed by atoms with van der Waals surface area (Å²) in [7, 11) is 0. The van der Waals surface area contributed by atoms with Crippen LogP contribution in [0.4, 0.5) is 4.79 Å². The van der Waals surface area contributed by atoms with E-state index in [4.69, 9.17) is 5.11 Å². The minimum absolute atomic E-state index is 0.112. The van der Waals surface area contributed by atoms with Crippen LogP contribution in [0.25, 0.3) is 0 Å². The summed E-state index contributed by atoms with van der Waals surface area (Å²) >= 11 is 0. The van der Waals surface area contributed by atoms with Crippen LogP contribution in [-0.2, 0) is 4.79 Å². The highest BCUT2D eigenvalue weighted by Gasteiger charge is 2.27.